The lowest BCUT2D eigenvalue weighted by atomic mass is 9.89. The predicted molar refractivity (Wildman–Crippen MR) is 54.5 cm³/mol. The second-order valence-electron chi connectivity index (χ2n) is 4.36. The minimum atomic E-state index is -4.30. The molecule has 0 unspecified atom stereocenters. The van der Waals surface area contributed by atoms with Crippen molar-refractivity contribution in [2.24, 2.45) is 11.8 Å². The maximum Gasteiger partial charge on any atom is 0.352 e. The standard InChI is InChI=1S/C10H8Cl2F4O/c11-9(13,14)8(10(12,15)16)6-4-1-2-5(3-4)7(6)17/h4-5H,1-3H2/t4-,5-/m0/s1. The van der Waals surface area contributed by atoms with Crippen LogP contribution in [0.5, 0.6) is 0 Å². The van der Waals surface area contributed by atoms with E-state index in [1.54, 1.807) is 0 Å². The molecule has 0 aromatic heterocycles. The van der Waals surface area contributed by atoms with Gasteiger partial charge >= 0.3 is 10.8 Å². The van der Waals surface area contributed by atoms with Crippen molar-refractivity contribution in [1.29, 1.82) is 0 Å². The monoisotopic (exact) mass is 290 g/mol. The Balaban J connectivity index is 2.56. The van der Waals surface area contributed by atoms with E-state index in [1.165, 1.54) is 0 Å². The number of carbonyl (C=O) groups is 1. The summed E-state index contributed by atoms with van der Waals surface area (Å²) in [5.74, 6) is -1.64. The minimum Gasteiger partial charge on any atom is -0.294 e. The fourth-order valence-electron chi connectivity index (χ4n) is 2.70. The van der Waals surface area contributed by atoms with Gasteiger partial charge in [-0.25, -0.2) is 0 Å². The molecule has 96 valence electrons. The van der Waals surface area contributed by atoms with Gasteiger partial charge in [0, 0.05) is 11.5 Å². The van der Waals surface area contributed by atoms with E-state index in [1.807, 2.05) is 0 Å². The summed E-state index contributed by atoms with van der Waals surface area (Å²) in [4.78, 5) is 11.7. The van der Waals surface area contributed by atoms with E-state index in [2.05, 4.69) is 23.2 Å². The lowest BCUT2D eigenvalue weighted by Gasteiger charge is -2.23. The summed E-state index contributed by atoms with van der Waals surface area (Å²) in [5, 5.41) is -8.61. The highest BCUT2D eigenvalue weighted by atomic mass is 35.5. The molecule has 2 atom stereocenters. The summed E-state index contributed by atoms with van der Waals surface area (Å²) >= 11 is 9.32. The van der Waals surface area contributed by atoms with Gasteiger partial charge in [-0.05, 0) is 48.4 Å². The van der Waals surface area contributed by atoms with Crippen LogP contribution in [0.3, 0.4) is 0 Å². The van der Waals surface area contributed by atoms with Gasteiger partial charge in [0.15, 0.2) is 5.78 Å². The van der Waals surface area contributed by atoms with Gasteiger partial charge in [-0.15, -0.1) is 0 Å². The lowest BCUT2D eigenvalue weighted by molar-refractivity contribution is -0.118. The van der Waals surface area contributed by atoms with Crippen molar-refractivity contribution in [3.8, 4) is 0 Å². The molecule has 2 aliphatic rings. The number of halogens is 6. The summed E-state index contributed by atoms with van der Waals surface area (Å²) in [6, 6.07) is 0. The topological polar surface area (TPSA) is 17.1 Å². The van der Waals surface area contributed by atoms with Crippen molar-refractivity contribution in [2.75, 3.05) is 0 Å². The molecular formula is C10H8Cl2F4O. The second-order valence-corrected chi connectivity index (χ2v) is 5.30. The molecule has 0 heterocycles. The number of hydrogen-bond acceptors (Lipinski definition) is 1. The normalized spacial score (nSPS) is 29.1. The molecule has 0 amide bonds. The number of alkyl halides is 6. The number of fused-ring (bicyclic) bond motifs is 2. The van der Waals surface area contributed by atoms with Crippen LogP contribution in [-0.4, -0.2) is 16.5 Å². The molecule has 0 spiro atoms. The summed E-state index contributed by atoms with van der Waals surface area (Å²) in [6.45, 7) is 0. The maximum atomic E-state index is 13.0. The number of rotatable bonds is 2. The molecule has 0 aliphatic heterocycles. The molecule has 2 bridgehead atoms. The Hall–Kier alpha value is -0.290. The van der Waals surface area contributed by atoms with Crippen molar-refractivity contribution in [1.82, 2.24) is 0 Å². The van der Waals surface area contributed by atoms with Gasteiger partial charge in [0.1, 0.15) is 5.57 Å². The predicted octanol–water partition coefficient (Wildman–Crippen LogP) is 3.95. The third-order valence-corrected chi connectivity index (χ3v) is 3.69. The average molecular weight is 291 g/mol. The van der Waals surface area contributed by atoms with Crippen molar-refractivity contribution < 1.29 is 22.4 Å². The zero-order chi connectivity index (χ0) is 13.0. The van der Waals surface area contributed by atoms with Crippen molar-refractivity contribution in [2.45, 2.75) is 30.0 Å². The van der Waals surface area contributed by atoms with E-state index in [0.29, 0.717) is 19.3 Å². The molecule has 7 heteroatoms. The molecule has 0 N–H and O–H groups in total. The number of allylic oxidation sites excluding steroid dienone is 2. The smallest absolute Gasteiger partial charge is 0.294 e. The van der Waals surface area contributed by atoms with Gasteiger partial charge in [-0.2, -0.15) is 17.6 Å². The van der Waals surface area contributed by atoms with Crippen LogP contribution in [0.25, 0.3) is 0 Å². The Morgan fingerprint density at radius 1 is 1.06 bits per heavy atom. The van der Waals surface area contributed by atoms with Gasteiger partial charge in [0.25, 0.3) is 0 Å². The van der Waals surface area contributed by atoms with Crippen molar-refractivity contribution >= 4 is 29.0 Å². The molecule has 2 fully saturated rings. The lowest BCUT2D eigenvalue weighted by Crippen LogP contribution is -2.30. The van der Waals surface area contributed by atoms with Crippen LogP contribution in [0.1, 0.15) is 19.3 Å². The molecule has 2 saturated carbocycles. The van der Waals surface area contributed by atoms with E-state index in [9.17, 15) is 22.4 Å². The molecule has 1 nitrogen and oxygen atoms in total. The Kier molecular flexibility index (Phi) is 2.98. The van der Waals surface area contributed by atoms with Gasteiger partial charge in [0.2, 0.25) is 0 Å². The molecule has 2 aliphatic carbocycles. The van der Waals surface area contributed by atoms with E-state index in [4.69, 9.17) is 0 Å². The zero-order valence-corrected chi connectivity index (χ0v) is 9.96. The Bertz CT molecular complexity index is 378. The highest BCUT2D eigenvalue weighted by Gasteiger charge is 2.55. The third kappa shape index (κ3) is 2.19. The van der Waals surface area contributed by atoms with Crippen LogP contribution in [0.15, 0.2) is 11.1 Å². The van der Waals surface area contributed by atoms with Crippen LogP contribution in [0.2, 0.25) is 0 Å². The van der Waals surface area contributed by atoms with Gasteiger partial charge < -0.3 is 0 Å². The molecule has 0 radical (unpaired) electrons. The van der Waals surface area contributed by atoms with Crippen LogP contribution in [0, 0.1) is 11.8 Å². The Labute approximate surface area is 105 Å². The molecule has 2 rings (SSSR count). The number of hydrogen-bond donors (Lipinski definition) is 0. The molecule has 0 aromatic carbocycles. The number of Topliss-reactive ketones (excluding diaryl/α,β-unsaturated/α-hetero) is 1. The summed E-state index contributed by atoms with van der Waals surface area (Å²) in [7, 11) is 0. The average Bonchev–Trinajstić information content (AvgIpc) is 2.64. The van der Waals surface area contributed by atoms with E-state index >= 15 is 0 Å². The highest BCUT2D eigenvalue weighted by Crippen LogP contribution is 2.53. The zero-order valence-electron chi connectivity index (χ0n) is 8.45. The maximum absolute atomic E-state index is 13.0. The van der Waals surface area contributed by atoms with Crippen LogP contribution < -0.4 is 0 Å². The number of ketones is 1. The summed E-state index contributed by atoms with van der Waals surface area (Å²) in [6.07, 6.45) is 1.36. The highest BCUT2D eigenvalue weighted by molar-refractivity contribution is 6.29. The first-order valence-corrected chi connectivity index (χ1v) is 5.80. The Morgan fingerprint density at radius 3 is 1.88 bits per heavy atom. The van der Waals surface area contributed by atoms with Gasteiger partial charge in [-0.3, -0.25) is 4.79 Å². The summed E-state index contributed by atoms with van der Waals surface area (Å²) in [5.41, 5.74) is -2.29. The number of carbonyl (C=O) groups excluding carboxylic acids is 1. The van der Waals surface area contributed by atoms with Crippen molar-refractivity contribution in [3.05, 3.63) is 11.1 Å². The molecule has 17 heavy (non-hydrogen) atoms. The molecule has 0 aromatic rings. The SMILES string of the molecule is O=C1C(=C(C(F)(F)Cl)C(F)(F)Cl)[C@H]2CC[C@H]1C2. The molecular weight excluding hydrogens is 283 g/mol. The Morgan fingerprint density at radius 2 is 1.53 bits per heavy atom. The van der Waals surface area contributed by atoms with Crippen LogP contribution in [0.4, 0.5) is 17.6 Å². The quantitative estimate of drug-likeness (QED) is 0.428. The minimum absolute atomic E-state index is 0.345. The first-order chi connectivity index (χ1) is 7.62. The fourth-order valence-corrected chi connectivity index (χ4v) is 3.19. The van der Waals surface area contributed by atoms with Gasteiger partial charge in [0.05, 0.1) is 0 Å². The first kappa shape index (κ1) is 13.1. The summed E-state index contributed by atoms with van der Waals surface area (Å²) < 4.78 is 52.1. The van der Waals surface area contributed by atoms with Crippen LogP contribution >= 0.6 is 23.2 Å². The molecule has 0 saturated heterocycles. The van der Waals surface area contributed by atoms with Crippen LogP contribution in [-0.2, 0) is 4.79 Å². The van der Waals surface area contributed by atoms with E-state index < -0.39 is 39.5 Å². The van der Waals surface area contributed by atoms with E-state index in [-0.39, 0.29) is 0 Å². The first-order valence-electron chi connectivity index (χ1n) is 5.05. The fraction of sp³-hybridized carbons (Fsp3) is 0.700. The largest absolute Gasteiger partial charge is 0.352 e. The third-order valence-electron chi connectivity index (χ3n) is 3.31. The van der Waals surface area contributed by atoms with E-state index in [0.717, 1.165) is 0 Å². The second kappa shape index (κ2) is 3.85. The van der Waals surface area contributed by atoms with Gasteiger partial charge in [-0.1, -0.05) is 0 Å². The van der Waals surface area contributed by atoms with Crippen molar-refractivity contribution in [3.63, 3.8) is 0 Å².